The third-order valence-electron chi connectivity index (χ3n) is 7.53. The van der Waals surface area contributed by atoms with Crippen molar-refractivity contribution in [3.05, 3.63) is 107 Å². The van der Waals surface area contributed by atoms with Gasteiger partial charge in [0.25, 0.3) is 0 Å². The summed E-state index contributed by atoms with van der Waals surface area (Å²) in [7, 11) is 4.11. The van der Waals surface area contributed by atoms with Gasteiger partial charge in [-0.2, -0.15) is 4.91 Å². The molecule has 3 aromatic carbocycles. The molecule has 0 saturated carbocycles. The van der Waals surface area contributed by atoms with E-state index in [4.69, 9.17) is 42.9 Å². The van der Waals surface area contributed by atoms with Crippen LogP contribution in [0.25, 0.3) is 11.1 Å². The second-order valence-electron chi connectivity index (χ2n) is 12.6. The number of ether oxygens (including phenoxy) is 1. The fourth-order valence-corrected chi connectivity index (χ4v) is 4.76. The number of carbonyl (C=O) groups is 3. The van der Waals surface area contributed by atoms with Gasteiger partial charge in [0, 0.05) is 72.5 Å². The summed E-state index contributed by atoms with van der Waals surface area (Å²) in [5.41, 5.74) is 8.13. The zero-order valence-corrected chi connectivity index (χ0v) is 37.6. The van der Waals surface area contributed by atoms with Gasteiger partial charge in [-0.05, 0) is 155 Å². The zero-order chi connectivity index (χ0) is 51.4. The fraction of sp³-hybridized carbons (Fsp3) is 0.155. The highest BCUT2D eigenvalue weighted by molar-refractivity contribution is 5.98. The molecular formula is C58H66N2O9. The largest absolute Gasteiger partial charge is 0.492 e. The van der Waals surface area contributed by atoms with Crippen molar-refractivity contribution in [2.75, 3.05) is 27.2 Å². The Hall–Kier alpha value is -10.6. The lowest BCUT2D eigenvalue weighted by atomic mass is 9.88. The molecule has 11 heteroatoms. The highest BCUT2D eigenvalue weighted by Crippen LogP contribution is 2.35. The molecule has 0 fully saturated rings. The molecule has 0 atom stereocenters. The Balaban J connectivity index is -0.0000000673. The van der Waals surface area contributed by atoms with Gasteiger partial charge in [-0.1, -0.05) is 85.3 Å². The van der Waals surface area contributed by atoms with E-state index in [-0.39, 0.29) is 18.5 Å². The summed E-state index contributed by atoms with van der Waals surface area (Å²) in [5.74, 6) is 54.1. The van der Waals surface area contributed by atoms with Crippen LogP contribution < -0.4 is 4.74 Å². The van der Waals surface area contributed by atoms with Gasteiger partial charge < -0.3 is 30.1 Å². The van der Waals surface area contributed by atoms with E-state index in [1.54, 1.807) is 0 Å². The lowest BCUT2D eigenvalue weighted by Crippen LogP contribution is -2.42. The number of nitrogens with one attached hydrogen (secondary N) is 1. The number of aliphatic hydroxyl groups is 1. The average molecular weight is 935 g/mol. The minimum atomic E-state index is -2.74. The van der Waals surface area contributed by atoms with Crippen LogP contribution >= 0.6 is 0 Å². The number of allylic oxidation sites excluding steroid dienone is 1. The monoisotopic (exact) mass is 934 g/mol. The molecule has 69 heavy (non-hydrogen) atoms. The number of carboxylic acid groups (broad SMARTS) is 3. The van der Waals surface area contributed by atoms with E-state index in [1.807, 2.05) is 0 Å². The topological polar surface area (TPSA) is 186 Å². The lowest BCUT2D eigenvalue weighted by Gasteiger charge is -2.18. The number of likely N-dealkylation sites (N-methyl/N-ethyl adjacent to an activating group) is 1. The van der Waals surface area contributed by atoms with Crippen molar-refractivity contribution in [3.8, 4) is 161 Å². The van der Waals surface area contributed by atoms with E-state index in [9.17, 15) is 14.4 Å². The number of rotatable bonds is 13. The fourth-order valence-electron chi connectivity index (χ4n) is 4.76. The number of carboxylic acids is 3. The predicted octanol–water partition coefficient (Wildman–Crippen LogP) is 8.57. The van der Waals surface area contributed by atoms with Crippen LogP contribution in [-0.4, -0.2) is 76.1 Å². The van der Waals surface area contributed by atoms with Gasteiger partial charge in [-0.15, -0.1) is 12.8 Å². The van der Waals surface area contributed by atoms with Crippen molar-refractivity contribution < 1.29 is 58.1 Å². The van der Waals surface area contributed by atoms with E-state index in [0.717, 1.165) is 18.7 Å². The summed E-state index contributed by atoms with van der Waals surface area (Å²) in [6.07, 6.45) is 8.50. The second-order valence-corrected chi connectivity index (χ2v) is 12.6. The molecule has 3 rings (SSSR count). The van der Waals surface area contributed by atoms with E-state index in [1.165, 1.54) is 27.8 Å². The highest BCUT2D eigenvalue weighted by atomic mass is 16.5. The summed E-state index contributed by atoms with van der Waals surface area (Å²) >= 11 is 0. The third-order valence-corrected chi connectivity index (χ3v) is 7.53. The normalized spacial score (nSPS) is 8.39. The van der Waals surface area contributed by atoms with Gasteiger partial charge in [0.05, 0.1) is 12.8 Å². The maximum atomic E-state index is 10.3. The van der Waals surface area contributed by atoms with Gasteiger partial charge in [0.2, 0.25) is 0 Å². The molecule has 0 radical (unpaired) electrons. The number of hydrogen-bond acceptors (Lipinski definition) is 8. The molecule has 11 nitrogen and oxygen atoms in total. The van der Waals surface area contributed by atoms with Crippen LogP contribution in [0.5, 0.6) is 5.75 Å². The maximum Gasteiger partial charge on any atom is 0.336 e. The Labute approximate surface area is 423 Å². The van der Waals surface area contributed by atoms with Crippen molar-refractivity contribution in [3.63, 3.8) is 0 Å². The minimum Gasteiger partial charge on any atom is -0.492 e. The summed E-state index contributed by atoms with van der Waals surface area (Å²) in [5, 5.41) is 33.8. The summed E-state index contributed by atoms with van der Waals surface area (Å²) in [6.45, 7) is 3.83. The molecule has 0 heterocycles. The Morgan fingerprint density at radius 2 is 0.870 bits per heavy atom. The molecule has 0 amide bonds. The Morgan fingerprint density at radius 1 is 0.551 bits per heavy atom. The van der Waals surface area contributed by atoms with Gasteiger partial charge in [0.15, 0.2) is 5.60 Å². The number of terminal acetylenes is 2. The number of hydrogen-bond donors (Lipinski definition) is 5. The van der Waals surface area contributed by atoms with E-state index in [0.29, 0.717) is 6.61 Å². The van der Waals surface area contributed by atoms with E-state index in [2.05, 4.69) is 259 Å². The molecule has 0 aliphatic rings. The van der Waals surface area contributed by atoms with Crippen molar-refractivity contribution in [1.82, 2.24) is 4.90 Å². The SMILES string of the molecule is C#CC#CC#CC#CC#CC#CC#CC#CC#CC#CC#CC#CC#C.CC/C(=C(\c1ccccc1)c1ccc(OCCN(C)C)cc1)c1ccccc1.N=O.O=C(O)CC(O)(CC(=O)O)C(=O)O.[HH].[HH].[HH].[HH].[HH].[HH].[HH].[HH].[HH].[HH].[HH].[HH].[HH]. The summed E-state index contributed by atoms with van der Waals surface area (Å²) in [4.78, 5) is 40.1. The van der Waals surface area contributed by atoms with Gasteiger partial charge in [-0.25, -0.2) is 4.79 Å². The first-order valence-corrected chi connectivity index (χ1v) is 19.6. The first-order valence-electron chi connectivity index (χ1n) is 19.6. The van der Waals surface area contributed by atoms with Crippen LogP contribution in [0.15, 0.2) is 84.9 Å². The predicted molar refractivity (Wildman–Crippen MR) is 293 cm³/mol. The molecule has 0 bridgehead atoms. The van der Waals surface area contributed by atoms with Crippen LogP contribution in [0.4, 0.5) is 0 Å². The molecule has 0 saturated heterocycles. The summed E-state index contributed by atoms with van der Waals surface area (Å²) < 4.78 is 5.87. The van der Waals surface area contributed by atoms with Gasteiger partial charge in [0.1, 0.15) is 12.4 Å². The quantitative estimate of drug-likeness (QED) is 0.0632. The Bertz CT molecular complexity index is 3020. The second kappa shape index (κ2) is 37.9. The molecule has 0 unspecified atom stereocenters. The maximum absolute atomic E-state index is 10.3. The van der Waals surface area contributed by atoms with Crippen LogP contribution in [0.3, 0.4) is 0 Å². The molecular weight excluding hydrogens is 869 g/mol. The Kier molecular flexibility index (Phi) is 32.1. The van der Waals surface area contributed by atoms with Crippen molar-refractivity contribution in [2.24, 2.45) is 0 Å². The van der Waals surface area contributed by atoms with Gasteiger partial charge >= 0.3 is 17.9 Å². The van der Waals surface area contributed by atoms with Crippen molar-refractivity contribution in [1.29, 1.82) is 5.59 Å². The minimum absolute atomic E-state index is 0. The van der Waals surface area contributed by atoms with E-state index < -0.39 is 36.4 Å². The highest BCUT2D eigenvalue weighted by Gasteiger charge is 2.40. The Morgan fingerprint density at radius 3 is 1.16 bits per heavy atom. The van der Waals surface area contributed by atoms with Crippen molar-refractivity contribution >= 4 is 29.1 Å². The number of nitrogens with zero attached hydrogens (tertiary/aromatic N) is 1. The van der Waals surface area contributed by atoms with Crippen LogP contribution in [0.1, 0.15) is 61.4 Å². The third kappa shape index (κ3) is 28.7. The molecule has 0 aromatic heterocycles. The molecule has 0 aliphatic carbocycles. The van der Waals surface area contributed by atoms with Crippen LogP contribution in [-0.2, 0) is 14.4 Å². The first kappa shape index (κ1) is 58.4. The standard InChI is InChI=1S/C26H29NO.C26H2.C6H8O7.HNO.13H2/c1-4-25(21-11-7-5-8-12-21)26(22-13-9-6-10-14-22)23-15-17-24(18-16-23)28-20-19-27(2)3;1-3-5-7-9-11-13-15-17-19-21-23-25-26-24-22-20-18-16-14-12-10-8-6-4-2;7-3(8)1-6(13,5(11)12)2-4(9)10;1-2;;;;;;;;;;;;;/h5-18H,4,19-20H2,1-3H3;1-2H;13H,1-2H2,(H,7,8)(H,9,10)(H,11,12);1H;13*1H/b26-25-;;;;;;;;;;;;;;;;. The number of aliphatic carboxylic acids is 3. The molecule has 0 spiro atoms. The number of benzene rings is 3. The van der Waals surface area contributed by atoms with Gasteiger partial charge in [-0.3, -0.25) is 9.59 Å². The lowest BCUT2D eigenvalue weighted by molar-refractivity contribution is -0.170. The molecule has 5 N–H and O–H groups in total. The number of nitroso groups, excluding NO2 is 1. The van der Waals surface area contributed by atoms with Crippen LogP contribution in [0, 0.1) is 165 Å². The zero-order valence-electron chi connectivity index (χ0n) is 37.6. The smallest absolute Gasteiger partial charge is 0.336 e. The van der Waals surface area contributed by atoms with Crippen LogP contribution in [0.2, 0.25) is 0 Å². The summed E-state index contributed by atoms with van der Waals surface area (Å²) in [6, 6.07) is 29.8. The average Bonchev–Trinajstić information content (AvgIpc) is 3.33. The van der Waals surface area contributed by atoms with Crippen molar-refractivity contribution in [2.45, 2.75) is 31.8 Å². The first-order chi connectivity index (χ1) is 33.4. The molecule has 3 aromatic rings. The van der Waals surface area contributed by atoms with E-state index >= 15 is 0 Å². The molecule has 362 valence electrons. The molecule has 0 aliphatic heterocycles.